The Kier molecular flexibility index (Phi) is 4.24. The van der Waals surface area contributed by atoms with Crippen molar-refractivity contribution in [3.63, 3.8) is 0 Å². The van der Waals surface area contributed by atoms with Crippen LogP contribution in [0.2, 0.25) is 10.0 Å². The number of amides is 1. The quantitative estimate of drug-likeness (QED) is 0.862. The number of carbonyl (C=O) groups is 1. The molecule has 2 atom stereocenters. The highest BCUT2D eigenvalue weighted by atomic mass is 35.5. The number of anilines is 1. The summed E-state index contributed by atoms with van der Waals surface area (Å²) in [6.07, 6.45) is 0.731. The maximum absolute atomic E-state index is 13.1. The zero-order valence-corrected chi connectivity index (χ0v) is 15.0. The van der Waals surface area contributed by atoms with Crippen LogP contribution in [0.1, 0.15) is 17.5 Å². The summed E-state index contributed by atoms with van der Waals surface area (Å²) in [5.74, 6) is -0.0844. The minimum Gasteiger partial charge on any atom is -0.392 e. The minimum absolute atomic E-state index is 0.0844. The summed E-state index contributed by atoms with van der Waals surface area (Å²) in [4.78, 5) is 15.2. The Morgan fingerprint density at radius 2 is 2.00 bits per heavy atom. The lowest BCUT2D eigenvalue weighted by Crippen LogP contribution is -2.52. The molecule has 2 aliphatic rings. The van der Waals surface area contributed by atoms with Crippen molar-refractivity contribution in [1.82, 2.24) is 4.90 Å². The zero-order chi connectivity index (χ0) is 17.6. The molecule has 130 valence electrons. The first-order chi connectivity index (χ1) is 12.0. The Morgan fingerprint density at radius 3 is 2.72 bits per heavy atom. The molecule has 1 amide bonds. The van der Waals surface area contributed by atoms with Gasteiger partial charge in [0, 0.05) is 40.8 Å². The lowest BCUT2D eigenvalue weighted by molar-refractivity contribution is -0.127. The molecule has 0 aromatic heterocycles. The van der Waals surface area contributed by atoms with Gasteiger partial charge in [-0.2, -0.15) is 0 Å². The second-order valence-electron chi connectivity index (χ2n) is 6.70. The lowest BCUT2D eigenvalue weighted by atomic mass is 9.83. The number of aliphatic hydroxyl groups excluding tert-OH is 1. The van der Waals surface area contributed by atoms with E-state index in [0.717, 1.165) is 16.8 Å². The summed E-state index contributed by atoms with van der Waals surface area (Å²) in [7, 11) is 0. The summed E-state index contributed by atoms with van der Waals surface area (Å²) in [5.41, 5.74) is 1.76. The van der Waals surface area contributed by atoms with Gasteiger partial charge in [-0.3, -0.25) is 9.69 Å². The van der Waals surface area contributed by atoms with E-state index >= 15 is 0 Å². The van der Waals surface area contributed by atoms with Crippen LogP contribution in [0, 0.1) is 0 Å². The number of fused-ring (bicyclic) bond motifs is 1. The first-order valence-electron chi connectivity index (χ1n) is 8.28. The second-order valence-corrected chi connectivity index (χ2v) is 7.57. The van der Waals surface area contributed by atoms with E-state index in [1.54, 1.807) is 12.1 Å². The molecule has 2 heterocycles. The first kappa shape index (κ1) is 16.9. The van der Waals surface area contributed by atoms with Gasteiger partial charge in [0.05, 0.1) is 6.10 Å². The molecule has 0 saturated carbocycles. The van der Waals surface area contributed by atoms with Crippen LogP contribution in [0.15, 0.2) is 42.5 Å². The second kappa shape index (κ2) is 6.29. The van der Waals surface area contributed by atoms with Crippen LogP contribution in [0.5, 0.6) is 0 Å². The number of aliphatic hydroxyl groups is 1. The molecular weight excluding hydrogens is 359 g/mol. The fraction of sp³-hybridized carbons (Fsp3) is 0.316. The van der Waals surface area contributed by atoms with Gasteiger partial charge in [0.15, 0.2) is 0 Å². The van der Waals surface area contributed by atoms with Gasteiger partial charge in [0.25, 0.3) is 0 Å². The van der Waals surface area contributed by atoms with Gasteiger partial charge in [0.2, 0.25) is 5.91 Å². The Balaban J connectivity index is 1.84. The fourth-order valence-electron chi connectivity index (χ4n) is 3.96. The lowest BCUT2D eigenvalue weighted by Gasteiger charge is -2.37. The molecule has 1 fully saturated rings. The van der Waals surface area contributed by atoms with E-state index in [1.165, 1.54) is 0 Å². The van der Waals surface area contributed by atoms with Crippen LogP contribution in [0.4, 0.5) is 5.69 Å². The normalized spacial score (nSPS) is 25.9. The molecule has 25 heavy (non-hydrogen) atoms. The van der Waals surface area contributed by atoms with Crippen LogP contribution in [-0.4, -0.2) is 35.1 Å². The van der Waals surface area contributed by atoms with Crippen LogP contribution >= 0.6 is 23.2 Å². The molecule has 2 unspecified atom stereocenters. The number of halogens is 2. The third-order valence-electron chi connectivity index (χ3n) is 5.10. The van der Waals surface area contributed by atoms with Crippen molar-refractivity contribution < 1.29 is 9.90 Å². The van der Waals surface area contributed by atoms with Crippen molar-refractivity contribution in [1.29, 1.82) is 0 Å². The average molecular weight is 377 g/mol. The van der Waals surface area contributed by atoms with E-state index in [2.05, 4.69) is 10.2 Å². The first-order valence-corrected chi connectivity index (χ1v) is 9.04. The number of nitrogens with one attached hydrogen (secondary N) is 1. The van der Waals surface area contributed by atoms with Gasteiger partial charge >= 0.3 is 0 Å². The molecule has 2 N–H and O–H groups in total. The molecule has 6 heteroatoms. The molecule has 2 aromatic carbocycles. The Hall–Kier alpha value is -1.59. The number of carbonyl (C=O) groups excluding carboxylic acids is 1. The maximum atomic E-state index is 13.1. The van der Waals surface area contributed by atoms with Crippen molar-refractivity contribution in [2.45, 2.75) is 24.5 Å². The van der Waals surface area contributed by atoms with Crippen molar-refractivity contribution >= 4 is 34.8 Å². The van der Waals surface area contributed by atoms with Crippen LogP contribution in [-0.2, 0) is 16.8 Å². The van der Waals surface area contributed by atoms with E-state index in [9.17, 15) is 9.90 Å². The highest BCUT2D eigenvalue weighted by Crippen LogP contribution is 2.45. The minimum atomic E-state index is -0.859. The predicted octanol–water partition coefficient (Wildman–Crippen LogP) is 3.45. The van der Waals surface area contributed by atoms with Crippen LogP contribution in [0.25, 0.3) is 0 Å². The smallest absolute Gasteiger partial charge is 0.249 e. The Bertz CT molecular complexity index is 842. The summed E-state index contributed by atoms with van der Waals surface area (Å²) in [5, 5.41) is 14.2. The van der Waals surface area contributed by atoms with E-state index in [4.69, 9.17) is 23.2 Å². The van der Waals surface area contributed by atoms with Crippen molar-refractivity contribution in [2.75, 3.05) is 18.4 Å². The third kappa shape index (κ3) is 2.83. The standard InChI is InChI=1S/C19H18Cl2N2O2/c20-13-3-1-2-12(8-13)10-19(23-7-6-15(24)11-23)16-5-4-14(21)9-17(16)22-18(19)25/h1-5,8-9,15,24H,6-7,10-11H2,(H,22,25). The Labute approximate surface area is 156 Å². The summed E-state index contributed by atoms with van der Waals surface area (Å²) in [6.45, 7) is 1.13. The van der Waals surface area contributed by atoms with Gasteiger partial charge in [-0.25, -0.2) is 0 Å². The van der Waals surface area contributed by atoms with E-state index < -0.39 is 11.6 Å². The fourth-order valence-corrected chi connectivity index (χ4v) is 4.35. The van der Waals surface area contributed by atoms with Crippen LogP contribution < -0.4 is 5.32 Å². The van der Waals surface area contributed by atoms with E-state index in [0.29, 0.717) is 36.0 Å². The van der Waals surface area contributed by atoms with Crippen molar-refractivity contribution in [3.8, 4) is 0 Å². The molecule has 0 aliphatic carbocycles. The number of β-amino-alcohol motifs (C(OH)–C–C–N with tert-alkyl or cyclic N) is 1. The van der Waals surface area contributed by atoms with Gasteiger partial charge < -0.3 is 10.4 Å². The molecule has 2 aromatic rings. The average Bonchev–Trinajstić information content (AvgIpc) is 3.10. The maximum Gasteiger partial charge on any atom is 0.249 e. The molecule has 4 nitrogen and oxygen atoms in total. The van der Waals surface area contributed by atoms with E-state index in [1.807, 2.05) is 30.3 Å². The highest BCUT2D eigenvalue weighted by molar-refractivity contribution is 6.31. The summed E-state index contributed by atoms with van der Waals surface area (Å²) < 4.78 is 0. The Morgan fingerprint density at radius 1 is 1.20 bits per heavy atom. The van der Waals surface area contributed by atoms with Crippen LogP contribution in [0.3, 0.4) is 0 Å². The SMILES string of the molecule is O=C1Nc2cc(Cl)ccc2C1(Cc1cccc(Cl)c1)N1CCC(O)C1. The number of likely N-dealkylation sites (tertiary alicyclic amines) is 1. The van der Waals surface area contributed by atoms with E-state index in [-0.39, 0.29) is 5.91 Å². The molecule has 2 aliphatic heterocycles. The highest BCUT2D eigenvalue weighted by Gasteiger charge is 2.52. The number of benzene rings is 2. The number of hydrogen-bond donors (Lipinski definition) is 2. The third-order valence-corrected chi connectivity index (χ3v) is 5.57. The molecule has 1 saturated heterocycles. The van der Waals surface area contributed by atoms with Gasteiger partial charge in [-0.05, 0) is 36.2 Å². The largest absolute Gasteiger partial charge is 0.392 e. The topological polar surface area (TPSA) is 52.6 Å². The molecule has 0 bridgehead atoms. The summed E-state index contributed by atoms with van der Waals surface area (Å²) >= 11 is 12.2. The van der Waals surface area contributed by atoms with Gasteiger partial charge in [0.1, 0.15) is 5.54 Å². The predicted molar refractivity (Wildman–Crippen MR) is 99.1 cm³/mol. The van der Waals surface area contributed by atoms with Crippen molar-refractivity contribution in [3.05, 3.63) is 63.6 Å². The van der Waals surface area contributed by atoms with Gasteiger partial charge in [-0.15, -0.1) is 0 Å². The van der Waals surface area contributed by atoms with Crippen molar-refractivity contribution in [2.24, 2.45) is 0 Å². The molecule has 4 rings (SSSR count). The number of rotatable bonds is 3. The molecular formula is C19H18Cl2N2O2. The number of hydrogen-bond acceptors (Lipinski definition) is 3. The molecule has 0 radical (unpaired) electrons. The monoisotopic (exact) mass is 376 g/mol. The number of nitrogens with zero attached hydrogens (tertiary/aromatic N) is 1. The van der Waals surface area contributed by atoms with Gasteiger partial charge in [-0.1, -0.05) is 41.4 Å². The zero-order valence-electron chi connectivity index (χ0n) is 13.5. The molecule has 0 spiro atoms. The summed E-state index contributed by atoms with van der Waals surface area (Å²) in [6, 6.07) is 13.1.